The topological polar surface area (TPSA) is 55.2 Å². The van der Waals surface area contributed by atoms with E-state index in [1.807, 2.05) is 31.2 Å². The highest BCUT2D eigenvalue weighted by atomic mass is 32.1. The zero-order valence-electron chi connectivity index (χ0n) is 11.0. The Bertz CT molecular complexity index is 612. The molecule has 0 radical (unpaired) electrons. The number of rotatable bonds is 5. The first kappa shape index (κ1) is 13.5. The Morgan fingerprint density at radius 3 is 2.74 bits per heavy atom. The van der Waals surface area contributed by atoms with E-state index in [1.165, 1.54) is 0 Å². The molecule has 0 unspecified atom stereocenters. The number of ether oxygens (including phenoxy) is 1. The van der Waals surface area contributed by atoms with Gasteiger partial charge in [0, 0.05) is 0 Å². The lowest BCUT2D eigenvalue weighted by molar-refractivity contribution is 0.317. The number of benzene rings is 1. The van der Waals surface area contributed by atoms with Crippen molar-refractivity contribution in [1.29, 1.82) is 0 Å². The van der Waals surface area contributed by atoms with Crippen molar-refractivity contribution in [3.63, 3.8) is 0 Å². The zero-order chi connectivity index (χ0) is 13.7. The van der Waals surface area contributed by atoms with E-state index in [0.29, 0.717) is 4.77 Å². The molecule has 6 heteroatoms. The van der Waals surface area contributed by atoms with Gasteiger partial charge in [-0.05, 0) is 55.4 Å². The minimum Gasteiger partial charge on any atom is -0.494 e. The summed E-state index contributed by atoms with van der Waals surface area (Å²) < 4.78 is 7.58. The smallest absolute Gasteiger partial charge is 0.216 e. The highest BCUT2D eigenvalue weighted by molar-refractivity contribution is 7.71. The van der Waals surface area contributed by atoms with Crippen molar-refractivity contribution < 1.29 is 4.74 Å². The van der Waals surface area contributed by atoms with Crippen LogP contribution >= 0.6 is 12.2 Å². The van der Waals surface area contributed by atoms with E-state index in [4.69, 9.17) is 17.0 Å². The first-order valence-electron chi connectivity index (χ1n) is 6.12. The van der Waals surface area contributed by atoms with Crippen LogP contribution in [-0.4, -0.2) is 27.7 Å². The Balaban J connectivity index is 2.09. The predicted octanol–water partition coefficient (Wildman–Crippen LogP) is 2.92. The van der Waals surface area contributed by atoms with Gasteiger partial charge < -0.3 is 4.74 Å². The largest absolute Gasteiger partial charge is 0.494 e. The summed E-state index contributed by atoms with van der Waals surface area (Å²) in [4.78, 5) is 0. The van der Waals surface area contributed by atoms with Crippen molar-refractivity contribution in [2.75, 3.05) is 6.61 Å². The first-order valence-corrected chi connectivity index (χ1v) is 6.52. The average molecular weight is 276 g/mol. The fourth-order valence-corrected chi connectivity index (χ4v) is 1.73. The van der Waals surface area contributed by atoms with E-state index >= 15 is 0 Å². The number of nitrogens with one attached hydrogen (secondary N) is 1. The maximum absolute atomic E-state index is 5.52. The van der Waals surface area contributed by atoms with Gasteiger partial charge in [-0.3, -0.25) is 5.10 Å². The summed E-state index contributed by atoms with van der Waals surface area (Å²) in [6.45, 7) is 4.65. The molecule has 1 aromatic heterocycles. The third kappa shape index (κ3) is 3.51. The van der Waals surface area contributed by atoms with E-state index in [9.17, 15) is 0 Å². The lowest BCUT2D eigenvalue weighted by Gasteiger charge is -2.03. The number of aryl methyl sites for hydroxylation is 1. The molecule has 19 heavy (non-hydrogen) atoms. The van der Waals surface area contributed by atoms with Gasteiger partial charge in [-0.25, -0.2) is 0 Å². The van der Waals surface area contributed by atoms with Gasteiger partial charge in [0.25, 0.3) is 0 Å². The van der Waals surface area contributed by atoms with Crippen molar-refractivity contribution in [3.8, 4) is 5.75 Å². The molecule has 0 spiro atoms. The molecule has 0 bridgehead atoms. The van der Waals surface area contributed by atoms with Crippen LogP contribution in [0.1, 0.15) is 24.7 Å². The standard InChI is InChI=1S/C13H16N4OS/c1-3-8-18-12-6-4-11(5-7-12)9-14-17-10(2)15-16-13(17)19/h4-7,9H,3,8H2,1-2H3,(H,16,19)/b14-9+. The van der Waals surface area contributed by atoms with Crippen molar-refractivity contribution in [2.24, 2.45) is 5.10 Å². The maximum atomic E-state index is 5.52. The summed E-state index contributed by atoms with van der Waals surface area (Å²) in [7, 11) is 0. The first-order chi connectivity index (χ1) is 9.20. The second kappa shape index (κ2) is 6.29. The zero-order valence-corrected chi connectivity index (χ0v) is 11.8. The second-order valence-corrected chi connectivity index (χ2v) is 4.44. The molecule has 5 nitrogen and oxygen atoms in total. The molecule has 1 N–H and O–H groups in total. The molecule has 0 aliphatic rings. The summed E-state index contributed by atoms with van der Waals surface area (Å²) in [6, 6.07) is 7.76. The van der Waals surface area contributed by atoms with Crippen LogP contribution in [-0.2, 0) is 0 Å². The lowest BCUT2D eigenvalue weighted by Crippen LogP contribution is -1.96. The number of hydrogen-bond acceptors (Lipinski definition) is 4. The van der Waals surface area contributed by atoms with E-state index in [-0.39, 0.29) is 0 Å². The van der Waals surface area contributed by atoms with Crippen LogP contribution in [0.4, 0.5) is 0 Å². The fourth-order valence-electron chi connectivity index (χ4n) is 1.50. The fraction of sp³-hybridized carbons (Fsp3) is 0.308. The van der Waals surface area contributed by atoms with Crippen LogP contribution in [0.15, 0.2) is 29.4 Å². The predicted molar refractivity (Wildman–Crippen MR) is 77.4 cm³/mol. The summed E-state index contributed by atoms with van der Waals surface area (Å²) in [5, 5.41) is 11.0. The number of aromatic nitrogens is 3. The van der Waals surface area contributed by atoms with Crippen molar-refractivity contribution in [3.05, 3.63) is 40.4 Å². The number of aromatic amines is 1. The quantitative estimate of drug-likeness (QED) is 0.675. The van der Waals surface area contributed by atoms with Gasteiger partial charge in [-0.2, -0.15) is 14.9 Å². The van der Waals surface area contributed by atoms with Crippen LogP contribution in [0.2, 0.25) is 0 Å². The summed E-state index contributed by atoms with van der Waals surface area (Å²) in [6.07, 6.45) is 2.74. The normalized spacial score (nSPS) is 11.1. The van der Waals surface area contributed by atoms with Gasteiger partial charge in [0.1, 0.15) is 11.6 Å². The SMILES string of the molecule is CCCOc1ccc(/C=N/n2c(C)n[nH]c2=S)cc1. The van der Waals surface area contributed by atoms with E-state index in [2.05, 4.69) is 22.2 Å². The Hall–Kier alpha value is -1.95. The molecule has 0 aliphatic heterocycles. The number of hydrogen-bond donors (Lipinski definition) is 1. The molecule has 1 heterocycles. The Labute approximate surface area is 116 Å². The Morgan fingerprint density at radius 1 is 1.42 bits per heavy atom. The molecular weight excluding hydrogens is 260 g/mol. The van der Waals surface area contributed by atoms with Gasteiger partial charge in [0.05, 0.1) is 12.8 Å². The molecule has 100 valence electrons. The Kier molecular flexibility index (Phi) is 4.46. The van der Waals surface area contributed by atoms with Crippen LogP contribution in [0.5, 0.6) is 5.75 Å². The van der Waals surface area contributed by atoms with Crippen molar-refractivity contribution in [1.82, 2.24) is 14.9 Å². The highest BCUT2D eigenvalue weighted by Crippen LogP contribution is 2.11. The molecule has 0 atom stereocenters. The van der Waals surface area contributed by atoms with Gasteiger partial charge in [0.15, 0.2) is 0 Å². The van der Waals surface area contributed by atoms with E-state index in [1.54, 1.807) is 10.9 Å². The number of H-pyrrole nitrogens is 1. The maximum Gasteiger partial charge on any atom is 0.216 e. The molecule has 0 saturated carbocycles. The molecule has 0 aliphatic carbocycles. The van der Waals surface area contributed by atoms with Crippen LogP contribution in [0.25, 0.3) is 0 Å². The highest BCUT2D eigenvalue weighted by Gasteiger charge is 1.97. The lowest BCUT2D eigenvalue weighted by atomic mass is 10.2. The van der Waals surface area contributed by atoms with E-state index in [0.717, 1.165) is 30.2 Å². The summed E-state index contributed by atoms with van der Waals surface area (Å²) in [5.41, 5.74) is 0.978. The summed E-state index contributed by atoms with van der Waals surface area (Å²) in [5.74, 6) is 1.60. The van der Waals surface area contributed by atoms with Gasteiger partial charge in [-0.15, -0.1) is 0 Å². The van der Waals surface area contributed by atoms with Crippen LogP contribution in [0.3, 0.4) is 0 Å². The number of nitrogens with zero attached hydrogens (tertiary/aromatic N) is 3. The Morgan fingerprint density at radius 2 is 2.16 bits per heavy atom. The molecular formula is C13H16N4OS. The van der Waals surface area contributed by atoms with Crippen LogP contribution in [0, 0.1) is 11.7 Å². The third-order valence-electron chi connectivity index (χ3n) is 2.49. The molecule has 2 rings (SSSR count). The van der Waals surface area contributed by atoms with Crippen molar-refractivity contribution >= 4 is 18.4 Å². The van der Waals surface area contributed by atoms with Gasteiger partial charge >= 0.3 is 0 Å². The summed E-state index contributed by atoms with van der Waals surface area (Å²) >= 11 is 5.07. The van der Waals surface area contributed by atoms with Gasteiger partial charge in [0.2, 0.25) is 4.77 Å². The molecule has 0 saturated heterocycles. The molecule has 2 aromatic rings. The molecule has 1 aromatic carbocycles. The van der Waals surface area contributed by atoms with E-state index < -0.39 is 0 Å². The average Bonchev–Trinajstić information content (AvgIpc) is 2.75. The van der Waals surface area contributed by atoms with Crippen LogP contribution < -0.4 is 4.74 Å². The molecule has 0 amide bonds. The monoisotopic (exact) mass is 276 g/mol. The van der Waals surface area contributed by atoms with Gasteiger partial charge in [-0.1, -0.05) is 6.92 Å². The van der Waals surface area contributed by atoms with Crippen molar-refractivity contribution in [2.45, 2.75) is 20.3 Å². The second-order valence-electron chi connectivity index (χ2n) is 4.05. The molecule has 0 fully saturated rings. The minimum atomic E-state index is 0.483. The third-order valence-corrected chi connectivity index (χ3v) is 2.75. The minimum absolute atomic E-state index is 0.483.